The maximum absolute atomic E-state index is 13.2. The molecule has 2 aromatic carbocycles. The SMILES string of the molecule is O=c1c(CCBr)cnc2cc(C#Cc3cccc(F)c3)ccn12.O=c1c(CCN2CCCC2)cnc2cc(C#Cc3cccc(F)c3)ccn12. The van der Waals surface area contributed by atoms with Gasteiger partial charge in [-0.15, -0.1) is 0 Å². The van der Waals surface area contributed by atoms with Crippen LogP contribution in [0, 0.1) is 35.3 Å². The molecule has 1 fully saturated rings. The fourth-order valence-corrected chi connectivity index (χ4v) is 5.96. The largest absolute Gasteiger partial charge is 0.303 e. The van der Waals surface area contributed by atoms with E-state index in [0.29, 0.717) is 39.7 Å². The van der Waals surface area contributed by atoms with Gasteiger partial charge in [-0.05, 0) is 99.4 Å². The second-order valence-electron chi connectivity index (χ2n) is 11.7. The zero-order chi connectivity index (χ0) is 34.9. The highest BCUT2D eigenvalue weighted by molar-refractivity contribution is 9.09. The van der Waals surface area contributed by atoms with Gasteiger partial charge in [0.2, 0.25) is 0 Å². The molecule has 0 bridgehead atoms. The number of halogens is 3. The number of aryl methyl sites for hydroxylation is 1. The minimum Gasteiger partial charge on any atom is -0.303 e. The molecule has 10 heteroatoms. The molecule has 7 rings (SSSR count). The molecule has 1 aliphatic rings. The van der Waals surface area contributed by atoms with Crippen molar-refractivity contribution in [3.05, 3.63) is 163 Å². The molecule has 0 unspecified atom stereocenters. The van der Waals surface area contributed by atoms with Crippen molar-refractivity contribution >= 4 is 27.2 Å². The summed E-state index contributed by atoms with van der Waals surface area (Å²) in [4.78, 5) is 36.1. The molecule has 0 radical (unpaired) electrons. The van der Waals surface area contributed by atoms with Gasteiger partial charge in [-0.3, -0.25) is 18.4 Å². The number of pyridine rings is 2. The summed E-state index contributed by atoms with van der Waals surface area (Å²) in [7, 11) is 0. The van der Waals surface area contributed by atoms with Crippen LogP contribution in [0.5, 0.6) is 0 Å². The first-order valence-corrected chi connectivity index (χ1v) is 17.3. The van der Waals surface area contributed by atoms with Gasteiger partial charge in [-0.1, -0.05) is 51.7 Å². The van der Waals surface area contributed by atoms with Crippen LogP contribution in [0.2, 0.25) is 0 Å². The van der Waals surface area contributed by atoms with Crippen LogP contribution in [0.15, 0.2) is 107 Å². The Hall–Kier alpha value is -5.42. The fraction of sp³-hybridized carbons (Fsp3) is 0.200. The second-order valence-corrected chi connectivity index (χ2v) is 12.5. The van der Waals surface area contributed by atoms with E-state index in [0.717, 1.165) is 42.7 Å². The Labute approximate surface area is 296 Å². The number of rotatable bonds is 5. The van der Waals surface area contributed by atoms with Gasteiger partial charge >= 0.3 is 0 Å². The van der Waals surface area contributed by atoms with E-state index in [2.05, 4.69) is 54.5 Å². The third kappa shape index (κ3) is 8.78. The maximum atomic E-state index is 13.2. The molecule has 1 saturated heterocycles. The molecule has 7 nitrogen and oxygen atoms in total. The number of hydrogen-bond donors (Lipinski definition) is 0. The first kappa shape index (κ1) is 34.4. The van der Waals surface area contributed by atoms with Crippen molar-refractivity contribution in [3.63, 3.8) is 0 Å². The van der Waals surface area contributed by atoms with Crippen LogP contribution in [-0.4, -0.2) is 48.6 Å². The summed E-state index contributed by atoms with van der Waals surface area (Å²) in [6.07, 6.45) is 10.5. The molecule has 0 amide bonds. The molecule has 50 heavy (non-hydrogen) atoms. The average molecular weight is 733 g/mol. The number of nitrogens with zero attached hydrogens (tertiary/aromatic N) is 5. The van der Waals surface area contributed by atoms with Crippen LogP contribution in [0.3, 0.4) is 0 Å². The molecule has 250 valence electrons. The summed E-state index contributed by atoms with van der Waals surface area (Å²) in [5, 5.41) is 0.715. The maximum Gasteiger partial charge on any atom is 0.261 e. The van der Waals surface area contributed by atoms with Crippen LogP contribution < -0.4 is 11.1 Å². The van der Waals surface area contributed by atoms with Gasteiger partial charge in [0, 0.05) is 70.0 Å². The van der Waals surface area contributed by atoms with Crippen LogP contribution in [0.25, 0.3) is 11.3 Å². The normalized spacial score (nSPS) is 12.5. The third-order valence-corrected chi connectivity index (χ3v) is 8.57. The van der Waals surface area contributed by atoms with E-state index in [1.165, 1.54) is 41.5 Å². The average Bonchev–Trinajstić information content (AvgIpc) is 3.65. The molecular weight excluding hydrogens is 700 g/mol. The smallest absolute Gasteiger partial charge is 0.261 e. The van der Waals surface area contributed by atoms with Gasteiger partial charge in [-0.2, -0.15) is 0 Å². The lowest BCUT2D eigenvalue weighted by molar-refractivity contribution is 0.343. The third-order valence-electron chi connectivity index (χ3n) is 8.17. The summed E-state index contributed by atoms with van der Waals surface area (Å²) in [6, 6.07) is 19.3. The number of benzene rings is 2. The lowest BCUT2D eigenvalue weighted by Crippen LogP contribution is -2.26. The molecule has 0 saturated carbocycles. The fourth-order valence-electron chi connectivity index (χ4n) is 5.53. The Balaban J connectivity index is 0.000000175. The molecule has 6 aromatic rings. The van der Waals surface area contributed by atoms with E-state index in [4.69, 9.17) is 0 Å². The Bertz CT molecular complexity index is 2410. The molecule has 4 aromatic heterocycles. The molecular formula is C40H32BrF2N5O2. The second kappa shape index (κ2) is 16.3. The van der Waals surface area contributed by atoms with E-state index < -0.39 is 0 Å². The number of likely N-dealkylation sites (tertiary alicyclic amines) is 1. The number of aromatic nitrogens is 4. The van der Waals surface area contributed by atoms with Crippen LogP contribution in [0.1, 0.15) is 46.2 Å². The standard InChI is InChI=1S/C22H20FN3O.C18H12BrFN2O/c23-20-5-3-4-17(14-20)6-7-18-8-13-26-21(15-18)24-16-19(22(26)27)9-12-25-10-1-2-11-25;19-8-6-15-12-21-17-11-14(7-9-22(17)18(15)23)5-4-13-2-1-3-16(20)10-13/h3-5,8,13-16H,1-2,9-12H2;1-3,7,9-12H,6,8H2. The summed E-state index contributed by atoms with van der Waals surface area (Å²) >= 11 is 3.32. The van der Waals surface area contributed by atoms with E-state index in [1.54, 1.807) is 77.7 Å². The molecule has 0 aliphatic carbocycles. The molecule has 5 heterocycles. The first-order valence-electron chi connectivity index (χ1n) is 16.2. The highest BCUT2D eigenvalue weighted by Gasteiger charge is 2.13. The van der Waals surface area contributed by atoms with Crippen LogP contribution in [-0.2, 0) is 12.8 Å². The van der Waals surface area contributed by atoms with E-state index in [9.17, 15) is 18.4 Å². The Morgan fingerprint density at radius 3 is 1.56 bits per heavy atom. The number of alkyl halides is 1. The van der Waals surface area contributed by atoms with Crippen LogP contribution in [0.4, 0.5) is 8.78 Å². The zero-order valence-corrected chi connectivity index (χ0v) is 28.7. The Morgan fingerprint density at radius 1 is 0.640 bits per heavy atom. The topological polar surface area (TPSA) is 72.0 Å². The van der Waals surface area contributed by atoms with Gasteiger partial charge in [0.25, 0.3) is 11.1 Å². The molecule has 1 aliphatic heterocycles. The molecule has 0 N–H and O–H groups in total. The predicted molar refractivity (Wildman–Crippen MR) is 195 cm³/mol. The number of hydrogen-bond acceptors (Lipinski definition) is 5. The monoisotopic (exact) mass is 731 g/mol. The van der Waals surface area contributed by atoms with Crippen molar-refractivity contribution in [1.82, 2.24) is 23.7 Å². The van der Waals surface area contributed by atoms with Gasteiger partial charge in [-0.25, -0.2) is 18.7 Å². The zero-order valence-electron chi connectivity index (χ0n) is 27.1. The van der Waals surface area contributed by atoms with Gasteiger partial charge < -0.3 is 4.90 Å². The van der Waals surface area contributed by atoms with Crippen molar-refractivity contribution in [3.8, 4) is 23.7 Å². The van der Waals surface area contributed by atoms with E-state index in [-0.39, 0.29) is 22.8 Å². The Morgan fingerprint density at radius 2 is 1.10 bits per heavy atom. The minimum atomic E-state index is -0.317. The molecule has 0 spiro atoms. The highest BCUT2D eigenvalue weighted by Crippen LogP contribution is 2.10. The van der Waals surface area contributed by atoms with Gasteiger partial charge in [0.1, 0.15) is 22.9 Å². The minimum absolute atomic E-state index is 0.0242. The lowest BCUT2D eigenvalue weighted by atomic mass is 10.2. The summed E-state index contributed by atoms with van der Waals surface area (Å²) in [5.74, 6) is 11.2. The first-order chi connectivity index (χ1) is 24.4. The van der Waals surface area contributed by atoms with Gasteiger partial charge in [0.15, 0.2) is 0 Å². The molecule has 0 atom stereocenters. The van der Waals surface area contributed by atoms with Crippen LogP contribution >= 0.6 is 15.9 Å². The quantitative estimate of drug-likeness (QED) is 0.160. The highest BCUT2D eigenvalue weighted by atomic mass is 79.9. The predicted octanol–water partition coefficient (Wildman–Crippen LogP) is 6.04. The summed E-state index contributed by atoms with van der Waals surface area (Å²) < 4.78 is 29.4. The van der Waals surface area contributed by atoms with Crippen molar-refractivity contribution in [2.24, 2.45) is 0 Å². The van der Waals surface area contributed by atoms with Crippen molar-refractivity contribution in [2.75, 3.05) is 25.0 Å². The number of fused-ring (bicyclic) bond motifs is 2. The van der Waals surface area contributed by atoms with Gasteiger partial charge in [0.05, 0.1) is 0 Å². The van der Waals surface area contributed by atoms with E-state index in [1.807, 2.05) is 0 Å². The summed E-state index contributed by atoms with van der Waals surface area (Å²) in [6.45, 7) is 3.14. The van der Waals surface area contributed by atoms with E-state index >= 15 is 0 Å². The van der Waals surface area contributed by atoms with Crippen molar-refractivity contribution in [1.29, 1.82) is 0 Å². The van der Waals surface area contributed by atoms with Crippen molar-refractivity contribution < 1.29 is 8.78 Å². The summed E-state index contributed by atoms with van der Waals surface area (Å²) in [5.41, 5.74) is 5.07. The lowest BCUT2D eigenvalue weighted by Gasteiger charge is -2.13. The van der Waals surface area contributed by atoms with Crippen molar-refractivity contribution in [2.45, 2.75) is 25.7 Å². The Kier molecular flexibility index (Phi) is 11.2.